The lowest BCUT2D eigenvalue weighted by molar-refractivity contribution is 0.627. The first-order chi connectivity index (χ1) is 14.0. The lowest BCUT2D eigenvalue weighted by Crippen LogP contribution is -2.75. The van der Waals surface area contributed by atoms with E-state index in [4.69, 9.17) is 0 Å². The fraction of sp³-hybridized carbons (Fsp3) is 0.308. The van der Waals surface area contributed by atoms with Gasteiger partial charge in [-0.15, -0.1) is 0 Å². The molecule has 0 aliphatic carbocycles. The lowest BCUT2D eigenvalue weighted by Gasteiger charge is -2.46. The van der Waals surface area contributed by atoms with Crippen molar-refractivity contribution in [3.05, 3.63) is 91.0 Å². The highest BCUT2D eigenvalue weighted by Crippen LogP contribution is 2.35. The Hall–Kier alpha value is -2.36. The molecule has 0 aromatic heterocycles. The van der Waals surface area contributed by atoms with E-state index in [0.29, 0.717) is 6.04 Å². The molecule has 1 aliphatic heterocycles. The van der Waals surface area contributed by atoms with E-state index in [0.717, 1.165) is 13.1 Å². The SMILES string of the molecule is CC(C)(C)[Si](N[C@H]1CCN(c2ccccc2)C1)(c1ccccc1)c1ccccc1. The molecule has 1 N–H and O–H groups in total. The molecule has 29 heavy (non-hydrogen) atoms. The number of nitrogens with one attached hydrogen (secondary N) is 1. The van der Waals surface area contributed by atoms with E-state index in [1.807, 2.05) is 0 Å². The van der Waals surface area contributed by atoms with Gasteiger partial charge in [-0.25, -0.2) is 0 Å². The molecule has 0 bridgehead atoms. The second-order valence-corrected chi connectivity index (χ2v) is 13.6. The average Bonchev–Trinajstić information content (AvgIpc) is 3.22. The summed E-state index contributed by atoms with van der Waals surface area (Å²) < 4.78 is 0. The molecule has 4 rings (SSSR count). The largest absolute Gasteiger partial charge is 0.370 e. The van der Waals surface area contributed by atoms with Crippen LogP contribution >= 0.6 is 0 Å². The Bertz CT molecular complexity index is 864. The maximum Gasteiger partial charge on any atom is 0.195 e. The summed E-state index contributed by atoms with van der Waals surface area (Å²) in [6.07, 6.45) is 1.18. The van der Waals surface area contributed by atoms with Crippen LogP contribution in [0.4, 0.5) is 5.69 Å². The molecule has 0 saturated carbocycles. The summed E-state index contributed by atoms with van der Waals surface area (Å²) in [4.78, 5) is 6.82. The highest BCUT2D eigenvalue weighted by Gasteiger charge is 2.49. The van der Waals surface area contributed by atoms with Crippen LogP contribution in [0.25, 0.3) is 0 Å². The number of para-hydroxylation sites is 1. The smallest absolute Gasteiger partial charge is 0.195 e. The minimum atomic E-state index is -2.22. The Kier molecular flexibility index (Phi) is 5.62. The van der Waals surface area contributed by atoms with Gasteiger partial charge in [0.2, 0.25) is 0 Å². The number of hydrogen-bond donors (Lipinski definition) is 1. The highest BCUT2D eigenvalue weighted by molar-refractivity contribution is 7.02. The van der Waals surface area contributed by atoms with Gasteiger partial charge in [0.15, 0.2) is 8.24 Å². The molecular weight excluding hydrogens is 368 g/mol. The normalized spacial score (nSPS) is 17.5. The summed E-state index contributed by atoms with van der Waals surface area (Å²) in [5, 5.41) is 3.07. The van der Waals surface area contributed by atoms with Crippen molar-refractivity contribution in [3.8, 4) is 0 Å². The summed E-state index contributed by atoms with van der Waals surface area (Å²) in [6.45, 7) is 9.41. The van der Waals surface area contributed by atoms with Crippen molar-refractivity contribution in [1.29, 1.82) is 0 Å². The van der Waals surface area contributed by atoms with Crippen molar-refractivity contribution in [2.75, 3.05) is 18.0 Å². The maximum absolute atomic E-state index is 4.30. The summed E-state index contributed by atoms with van der Waals surface area (Å²) in [5.74, 6) is 0. The second kappa shape index (κ2) is 8.17. The Labute approximate surface area is 176 Å². The molecule has 0 unspecified atom stereocenters. The van der Waals surface area contributed by atoms with Gasteiger partial charge in [0.1, 0.15) is 0 Å². The Morgan fingerprint density at radius 2 is 1.24 bits per heavy atom. The number of nitrogens with zero attached hydrogens (tertiary/aromatic N) is 1. The van der Waals surface area contributed by atoms with Crippen LogP contribution in [0, 0.1) is 0 Å². The molecule has 1 atom stereocenters. The van der Waals surface area contributed by atoms with Gasteiger partial charge in [-0.3, -0.25) is 0 Å². The highest BCUT2D eigenvalue weighted by atomic mass is 28.3. The summed E-state index contributed by atoms with van der Waals surface area (Å²) in [6, 6.07) is 33.7. The van der Waals surface area contributed by atoms with Gasteiger partial charge in [0.25, 0.3) is 0 Å². The Balaban J connectivity index is 1.72. The summed E-state index contributed by atoms with van der Waals surface area (Å²) >= 11 is 0. The molecule has 1 heterocycles. The quantitative estimate of drug-likeness (QED) is 0.638. The first-order valence-corrected chi connectivity index (χ1v) is 12.7. The van der Waals surface area contributed by atoms with Crippen molar-refractivity contribution in [3.63, 3.8) is 0 Å². The van der Waals surface area contributed by atoms with Gasteiger partial charge >= 0.3 is 0 Å². The minimum absolute atomic E-state index is 0.135. The van der Waals surface area contributed by atoms with E-state index >= 15 is 0 Å². The van der Waals surface area contributed by atoms with E-state index in [9.17, 15) is 0 Å². The van der Waals surface area contributed by atoms with Crippen LogP contribution in [0.3, 0.4) is 0 Å². The molecule has 3 aromatic rings. The number of rotatable bonds is 5. The standard InChI is InChI=1S/C26H32N2Si/c1-26(2,3)29(24-15-9-5-10-16-24,25-17-11-6-12-18-25)27-22-19-20-28(21-22)23-13-7-4-8-14-23/h4-18,22,27H,19-21H2,1-3H3/t22-/m0/s1. The van der Waals surface area contributed by atoms with Crippen LogP contribution in [0.1, 0.15) is 27.2 Å². The number of benzene rings is 3. The fourth-order valence-corrected chi connectivity index (χ4v) is 9.91. The maximum atomic E-state index is 4.30. The molecule has 1 aliphatic rings. The Morgan fingerprint density at radius 3 is 1.72 bits per heavy atom. The van der Waals surface area contributed by atoms with E-state index in [1.165, 1.54) is 22.5 Å². The zero-order chi connectivity index (χ0) is 20.3. The molecule has 0 amide bonds. The second-order valence-electron chi connectivity index (χ2n) is 9.14. The van der Waals surface area contributed by atoms with Gasteiger partial charge in [0, 0.05) is 24.8 Å². The van der Waals surface area contributed by atoms with Gasteiger partial charge in [-0.1, -0.05) is 99.6 Å². The van der Waals surface area contributed by atoms with Crippen molar-refractivity contribution >= 4 is 24.3 Å². The summed E-state index contributed by atoms with van der Waals surface area (Å²) in [5.41, 5.74) is 1.33. The van der Waals surface area contributed by atoms with Crippen molar-refractivity contribution in [2.24, 2.45) is 0 Å². The molecule has 0 spiro atoms. The molecule has 1 fully saturated rings. The summed E-state index contributed by atoms with van der Waals surface area (Å²) in [7, 11) is -2.22. The molecule has 3 heteroatoms. The fourth-order valence-electron chi connectivity index (χ4n) is 4.85. The molecule has 3 aromatic carbocycles. The zero-order valence-electron chi connectivity index (χ0n) is 17.8. The van der Waals surface area contributed by atoms with E-state index < -0.39 is 8.24 Å². The first-order valence-electron chi connectivity index (χ1n) is 10.7. The van der Waals surface area contributed by atoms with Gasteiger partial charge in [-0.05, 0) is 34.0 Å². The van der Waals surface area contributed by atoms with Crippen LogP contribution < -0.4 is 20.3 Å². The van der Waals surface area contributed by atoms with Crippen LogP contribution in [-0.2, 0) is 0 Å². The van der Waals surface area contributed by atoms with Crippen LogP contribution in [0.2, 0.25) is 5.04 Å². The van der Waals surface area contributed by atoms with E-state index in [1.54, 1.807) is 0 Å². The lowest BCUT2D eigenvalue weighted by atomic mass is 10.2. The Morgan fingerprint density at radius 1 is 0.759 bits per heavy atom. The zero-order valence-corrected chi connectivity index (χ0v) is 18.8. The van der Waals surface area contributed by atoms with Crippen molar-refractivity contribution in [2.45, 2.75) is 38.3 Å². The third-order valence-electron chi connectivity index (χ3n) is 6.27. The van der Waals surface area contributed by atoms with Gasteiger partial charge < -0.3 is 9.88 Å². The molecular formula is C26H32N2Si. The average molecular weight is 401 g/mol. The monoisotopic (exact) mass is 400 g/mol. The van der Waals surface area contributed by atoms with E-state index in [2.05, 4.69) is 122 Å². The van der Waals surface area contributed by atoms with Gasteiger partial charge in [-0.2, -0.15) is 0 Å². The van der Waals surface area contributed by atoms with Crippen LogP contribution in [0.5, 0.6) is 0 Å². The van der Waals surface area contributed by atoms with E-state index in [-0.39, 0.29) is 5.04 Å². The van der Waals surface area contributed by atoms with Gasteiger partial charge in [0.05, 0.1) is 0 Å². The number of anilines is 1. The third-order valence-corrected chi connectivity index (χ3v) is 11.8. The molecule has 2 nitrogen and oxygen atoms in total. The molecule has 1 saturated heterocycles. The number of hydrogen-bond acceptors (Lipinski definition) is 2. The molecule has 150 valence electrons. The first kappa shape index (κ1) is 19.9. The topological polar surface area (TPSA) is 15.3 Å². The third kappa shape index (κ3) is 3.90. The van der Waals surface area contributed by atoms with Crippen molar-refractivity contribution in [1.82, 2.24) is 4.98 Å². The minimum Gasteiger partial charge on any atom is -0.370 e. The predicted molar refractivity (Wildman–Crippen MR) is 128 cm³/mol. The molecule has 0 radical (unpaired) electrons. The predicted octanol–water partition coefficient (Wildman–Crippen LogP) is 4.41. The van der Waals surface area contributed by atoms with Crippen LogP contribution in [0.15, 0.2) is 91.0 Å². The van der Waals surface area contributed by atoms with Crippen molar-refractivity contribution < 1.29 is 0 Å². The van der Waals surface area contributed by atoms with Crippen LogP contribution in [-0.4, -0.2) is 27.4 Å².